The lowest BCUT2D eigenvalue weighted by Gasteiger charge is -1.96. The third-order valence-corrected chi connectivity index (χ3v) is 0.447. The first kappa shape index (κ1) is 5.92. The molecular weight excluding hydrogens is 78.0 g/mol. The van der Waals surface area contributed by atoms with Gasteiger partial charge in [0.25, 0.3) is 0 Å². The lowest BCUT2D eigenvalue weighted by Crippen LogP contribution is -2.14. The Kier molecular flexibility index (Phi) is 3.08. The maximum Gasteiger partial charge on any atom is 0.109 e. The molecule has 0 bridgehead atoms. The smallest absolute Gasteiger partial charge is 0.109 e. The molecule has 0 unspecified atom stereocenters. The normalized spacial score (nSPS) is 10.0. The SMILES string of the molecule is CC(C)[N]CO. The highest BCUT2D eigenvalue weighted by atomic mass is 16.3. The van der Waals surface area contributed by atoms with Crippen molar-refractivity contribution in [3.05, 3.63) is 0 Å². The van der Waals surface area contributed by atoms with E-state index in [0.717, 1.165) is 0 Å². The van der Waals surface area contributed by atoms with Crippen LogP contribution in [0.5, 0.6) is 0 Å². The van der Waals surface area contributed by atoms with Gasteiger partial charge in [0.1, 0.15) is 6.73 Å². The first-order chi connectivity index (χ1) is 2.77. The molecule has 0 atom stereocenters. The average Bonchev–Trinajstić information content (AvgIpc) is 1.35. The third kappa shape index (κ3) is 3.92. The first-order valence-corrected chi connectivity index (χ1v) is 2.05. The highest BCUT2D eigenvalue weighted by Crippen LogP contribution is 1.73. The predicted octanol–water partition coefficient (Wildman–Crippen LogP) is -0.0510. The maximum atomic E-state index is 8.07. The van der Waals surface area contributed by atoms with Crippen molar-refractivity contribution in [2.45, 2.75) is 19.9 Å². The fourth-order valence-corrected chi connectivity index (χ4v) is 0.163. The van der Waals surface area contributed by atoms with Gasteiger partial charge in [0, 0.05) is 6.04 Å². The lowest BCUT2D eigenvalue weighted by atomic mass is 10.4. The van der Waals surface area contributed by atoms with E-state index in [1.807, 2.05) is 13.8 Å². The molecule has 1 radical (unpaired) electrons. The second-order valence-corrected chi connectivity index (χ2v) is 1.42. The van der Waals surface area contributed by atoms with Gasteiger partial charge in [0.05, 0.1) is 0 Å². The number of rotatable bonds is 2. The van der Waals surface area contributed by atoms with Crippen LogP contribution in [0.4, 0.5) is 0 Å². The number of aliphatic hydroxyl groups excluding tert-OH is 1. The van der Waals surface area contributed by atoms with E-state index in [2.05, 4.69) is 5.32 Å². The van der Waals surface area contributed by atoms with Crippen molar-refractivity contribution < 1.29 is 5.11 Å². The van der Waals surface area contributed by atoms with Crippen LogP contribution in [-0.2, 0) is 0 Å². The Bertz CT molecular complexity index is 28.7. The van der Waals surface area contributed by atoms with Crippen LogP contribution in [0.1, 0.15) is 13.8 Å². The molecule has 0 aromatic rings. The highest BCUT2D eigenvalue weighted by Gasteiger charge is 1.85. The van der Waals surface area contributed by atoms with Crippen molar-refractivity contribution in [3.8, 4) is 0 Å². The molecule has 0 saturated carbocycles. The second-order valence-electron chi connectivity index (χ2n) is 1.42. The van der Waals surface area contributed by atoms with Crippen molar-refractivity contribution >= 4 is 0 Å². The fourth-order valence-electron chi connectivity index (χ4n) is 0.163. The molecule has 0 spiro atoms. The number of hydrogen-bond acceptors (Lipinski definition) is 1. The van der Waals surface area contributed by atoms with Gasteiger partial charge in [0.2, 0.25) is 0 Å². The van der Waals surface area contributed by atoms with Gasteiger partial charge in [-0.3, -0.25) is 0 Å². The quantitative estimate of drug-likeness (QED) is 0.504. The Morgan fingerprint density at radius 2 is 2.17 bits per heavy atom. The van der Waals surface area contributed by atoms with Gasteiger partial charge in [-0.1, -0.05) is 0 Å². The van der Waals surface area contributed by atoms with Crippen molar-refractivity contribution in [2.75, 3.05) is 6.73 Å². The summed E-state index contributed by atoms with van der Waals surface area (Å²) in [6.07, 6.45) is 0. The van der Waals surface area contributed by atoms with Crippen LogP contribution >= 0.6 is 0 Å². The molecule has 37 valence electrons. The Balaban J connectivity index is 2.63. The zero-order chi connectivity index (χ0) is 4.99. The minimum absolute atomic E-state index is 0.0440. The molecule has 2 heteroatoms. The standard InChI is InChI=1S/C4H10NO/c1-4(2)5-3-6/h4,6H,3H2,1-2H3. The van der Waals surface area contributed by atoms with E-state index < -0.39 is 0 Å². The van der Waals surface area contributed by atoms with Crippen LogP contribution in [0.25, 0.3) is 0 Å². The zero-order valence-corrected chi connectivity index (χ0v) is 4.18. The predicted molar refractivity (Wildman–Crippen MR) is 24.4 cm³/mol. The molecule has 0 aromatic heterocycles. The molecule has 0 amide bonds. The van der Waals surface area contributed by atoms with Gasteiger partial charge in [-0.15, -0.1) is 0 Å². The Hall–Kier alpha value is -0.0800. The van der Waals surface area contributed by atoms with E-state index in [9.17, 15) is 0 Å². The van der Waals surface area contributed by atoms with Crippen LogP contribution in [0.2, 0.25) is 0 Å². The van der Waals surface area contributed by atoms with E-state index in [1.54, 1.807) is 0 Å². The van der Waals surface area contributed by atoms with Gasteiger partial charge in [0.15, 0.2) is 0 Å². The summed E-state index contributed by atoms with van der Waals surface area (Å²) in [5, 5.41) is 11.8. The minimum atomic E-state index is -0.0440. The molecule has 1 N–H and O–H groups in total. The van der Waals surface area contributed by atoms with E-state index in [0.29, 0.717) is 0 Å². The van der Waals surface area contributed by atoms with Crippen LogP contribution in [0, 0.1) is 0 Å². The molecular formula is C4H10NO. The fraction of sp³-hybridized carbons (Fsp3) is 1.00. The Labute approximate surface area is 38.2 Å². The molecule has 0 heterocycles. The molecule has 0 aliphatic carbocycles. The maximum absolute atomic E-state index is 8.07. The molecule has 6 heavy (non-hydrogen) atoms. The summed E-state index contributed by atoms with van der Waals surface area (Å²) in [7, 11) is 0. The Morgan fingerprint density at radius 1 is 1.67 bits per heavy atom. The molecule has 0 saturated heterocycles. The summed E-state index contributed by atoms with van der Waals surface area (Å²) in [4.78, 5) is 0. The van der Waals surface area contributed by atoms with Gasteiger partial charge < -0.3 is 5.11 Å². The summed E-state index contributed by atoms with van der Waals surface area (Å²) < 4.78 is 0. The van der Waals surface area contributed by atoms with Crippen molar-refractivity contribution in [1.82, 2.24) is 5.32 Å². The summed E-state index contributed by atoms with van der Waals surface area (Å²) in [6, 6.07) is 0.273. The molecule has 0 aliphatic heterocycles. The van der Waals surface area contributed by atoms with Crippen molar-refractivity contribution in [3.63, 3.8) is 0 Å². The summed E-state index contributed by atoms with van der Waals surface area (Å²) >= 11 is 0. The molecule has 0 aliphatic rings. The van der Waals surface area contributed by atoms with Crippen molar-refractivity contribution in [1.29, 1.82) is 0 Å². The molecule has 0 fully saturated rings. The molecule has 2 nitrogen and oxygen atoms in total. The topological polar surface area (TPSA) is 34.3 Å². The zero-order valence-electron chi connectivity index (χ0n) is 4.18. The largest absolute Gasteiger partial charge is 0.380 e. The van der Waals surface area contributed by atoms with E-state index in [-0.39, 0.29) is 12.8 Å². The number of nitrogens with zero attached hydrogens (tertiary/aromatic N) is 1. The highest BCUT2D eigenvalue weighted by molar-refractivity contribution is 4.42. The monoisotopic (exact) mass is 88.1 g/mol. The van der Waals surface area contributed by atoms with Crippen LogP contribution in [0.3, 0.4) is 0 Å². The van der Waals surface area contributed by atoms with E-state index in [4.69, 9.17) is 5.11 Å². The molecule has 0 aromatic carbocycles. The summed E-state index contributed by atoms with van der Waals surface area (Å²) in [6.45, 7) is 3.81. The van der Waals surface area contributed by atoms with Gasteiger partial charge in [-0.25, -0.2) is 5.32 Å². The average molecular weight is 88.1 g/mol. The van der Waals surface area contributed by atoms with Gasteiger partial charge in [-0.05, 0) is 13.8 Å². The van der Waals surface area contributed by atoms with Crippen LogP contribution in [0.15, 0.2) is 0 Å². The number of hydrogen-bond donors (Lipinski definition) is 1. The summed E-state index contributed by atoms with van der Waals surface area (Å²) in [5.41, 5.74) is 0. The first-order valence-electron chi connectivity index (χ1n) is 2.05. The second kappa shape index (κ2) is 3.12. The number of aliphatic hydroxyl groups is 1. The van der Waals surface area contributed by atoms with E-state index in [1.165, 1.54) is 0 Å². The third-order valence-electron chi connectivity index (χ3n) is 0.447. The van der Waals surface area contributed by atoms with Gasteiger partial charge in [-0.2, -0.15) is 0 Å². The van der Waals surface area contributed by atoms with Gasteiger partial charge >= 0.3 is 0 Å². The minimum Gasteiger partial charge on any atom is -0.380 e. The Morgan fingerprint density at radius 3 is 2.17 bits per heavy atom. The van der Waals surface area contributed by atoms with Crippen LogP contribution < -0.4 is 5.32 Å². The van der Waals surface area contributed by atoms with E-state index >= 15 is 0 Å². The molecule has 0 rings (SSSR count). The lowest BCUT2D eigenvalue weighted by molar-refractivity contribution is 0.244. The summed E-state index contributed by atoms with van der Waals surface area (Å²) in [5.74, 6) is 0. The van der Waals surface area contributed by atoms with Crippen molar-refractivity contribution in [2.24, 2.45) is 0 Å². The van der Waals surface area contributed by atoms with Crippen LogP contribution in [-0.4, -0.2) is 17.9 Å².